The van der Waals surface area contributed by atoms with Gasteiger partial charge in [-0.15, -0.1) is 4.83 Å². The summed E-state index contributed by atoms with van der Waals surface area (Å²) in [6.07, 6.45) is -11.7. The number of alkyl halides is 6. The number of amides is 2. The van der Waals surface area contributed by atoms with Crippen LogP contribution in [0.25, 0.3) is 0 Å². The maximum atomic E-state index is 12.6. The van der Waals surface area contributed by atoms with E-state index < -0.39 is 33.9 Å². The summed E-state index contributed by atoms with van der Waals surface area (Å²) in [7, 11) is -4.38. The first kappa shape index (κ1) is 21.0. The Morgan fingerprint density at radius 1 is 0.960 bits per heavy atom. The summed E-state index contributed by atoms with van der Waals surface area (Å²) in [5.74, 6) is 0. The molecule has 0 aliphatic rings. The number of benzene rings is 1. The van der Waals surface area contributed by atoms with Crippen molar-refractivity contribution >= 4 is 16.1 Å². The maximum Gasteiger partial charge on any atom is 0.420 e. The molecule has 0 heterocycles. The fourth-order valence-corrected chi connectivity index (χ4v) is 2.29. The molecule has 1 aromatic rings. The van der Waals surface area contributed by atoms with Gasteiger partial charge < -0.3 is 5.32 Å². The third kappa shape index (κ3) is 4.75. The van der Waals surface area contributed by atoms with Gasteiger partial charge in [-0.1, -0.05) is 17.7 Å². The number of hydrazine groups is 1. The van der Waals surface area contributed by atoms with Gasteiger partial charge in [0.15, 0.2) is 0 Å². The van der Waals surface area contributed by atoms with Gasteiger partial charge >= 0.3 is 18.4 Å². The van der Waals surface area contributed by atoms with Gasteiger partial charge in [0.2, 0.25) is 5.54 Å². The van der Waals surface area contributed by atoms with Gasteiger partial charge in [0, 0.05) is 0 Å². The number of hydrogen-bond donors (Lipinski definition) is 3. The van der Waals surface area contributed by atoms with Crippen LogP contribution in [-0.4, -0.2) is 32.3 Å². The Hall–Kier alpha value is -2.02. The van der Waals surface area contributed by atoms with Crippen molar-refractivity contribution in [3.63, 3.8) is 0 Å². The largest absolute Gasteiger partial charge is 0.420 e. The lowest BCUT2D eigenvalue weighted by atomic mass is 10.0. The third-order valence-electron chi connectivity index (χ3n) is 3.13. The van der Waals surface area contributed by atoms with Gasteiger partial charge in [0.25, 0.3) is 10.0 Å². The Morgan fingerprint density at radius 2 is 1.40 bits per heavy atom. The first-order valence-electron chi connectivity index (χ1n) is 6.40. The molecule has 2 amide bonds. The van der Waals surface area contributed by atoms with Crippen LogP contribution < -0.4 is 15.6 Å². The van der Waals surface area contributed by atoms with Crippen LogP contribution in [0.3, 0.4) is 0 Å². The van der Waals surface area contributed by atoms with Gasteiger partial charge in [-0.25, -0.2) is 13.2 Å². The number of aryl methyl sites for hydroxylation is 1. The number of carbonyl (C=O) groups excluding carboxylic acids is 1. The fourth-order valence-electron chi connectivity index (χ4n) is 1.45. The Kier molecular flexibility index (Phi) is 5.64. The second-order valence-corrected chi connectivity index (χ2v) is 6.80. The van der Waals surface area contributed by atoms with Gasteiger partial charge in [0.05, 0.1) is 4.90 Å². The van der Waals surface area contributed by atoms with E-state index in [1.54, 1.807) is 6.92 Å². The summed E-state index contributed by atoms with van der Waals surface area (Å²) in [5.41, 5.74) is -2.62. The molecule has 0 atom stereocenters. The van der Waals surface area contributed by atoms with Crippen LogP contribution in [0.4, 0.5) is 31.1 Å². The highest BCUT2D eigenvalue weighted by Crippen LogP contribution is 2.42. The average Bonchev–Trinajstić information content (AvgIpc) is 2.43. The van der Waals surface area contributed by atoms with Crippen molar-refractivity contribution in [1.82, 2.24) is 15.6 Å². The van der Waals surface area contributed by atoms with E-state index in [9.17, 15) is 39.6 Å². The predicted octanol–water partition coefficient (Wildman–Crippen LogP) is 2.37. The van der Waals surface area contributed by atoms with Crippen molar-refractivity contribution in [3.8, 4) is 0 Å². The molecule has 0 aliphatic carbocycles. The van der Waals surface area contributed by atoms with E-state index in [0.29, 0.717) is 10.9 Å². The minimum absolute atomic E-state index is 0.291. The van der Waals surface area contributed by atoms with Crippen molar-refractivity contribution in [2.45, 2.75) is 36.6 Å². The number of sulfonamides is 1. The molecule has 0 saturated carbocycles. The van der Waals surface area contributed by atoms with Crippen LogP contribution in [0.2, 0.25) is 0 Å². The van der Waals surface area contributed by atoms with Gasteiger partial charge in [-0.3, -0.25) is 5.43 Å². The quantitative estimate of drug-likeness (QED) is 0.542. The van der Waals surface area contributed by atoms with Gasteiger partial charge in [-0.05, 0) is 26.0 Å². The Bertz CT molecular complexity index is 714. The van der Waals surface area contributed by atoms with Crippen molar-refractivity contribution in [2.24, 2.45) is 0 Å². The van der Waals surface area contributed by atoms with Crippen molar-refractivity contribution in [2.75, 3.05) is 0 Å². The molecule has 0 saturated heterocycles. The third-order valence-corrected chi connectivity index (χ3v) is 4.39. The lowest BCUT2D eigenvalue weighted by Crippen LogP contribution is -2.67. The second kappa shape index (κ2) is 6.71. The number of nitrogens with one attached hydrogen (secondary N) is 3. The van der Waals surface area contributed by atoms with Gasteiger partial charge in [0.1, 0.15) is 0 Å². The highest BCUT2D eigenvalue weighted by atomic mass is 32.2. The zero-order valence-electron chi connectivity index (χ0n) is 12.7. The molecule has 1 rings (SSSR count). The van der Waals surface area contributed by atoms with Gasteiger partial charge in [-0.2, -0.15) is 26.3 Å². The van der Waals surface area contributed by atoms with E-state index in [4.69, 9.17) is 0 Å². The first-order chi connectivity index (χ1) is 11.1. The van der Waals surface area contributed by atoms with Crippen LogP contribution in [-0.2, 0) is 10.0 Å². The molecule has 0 bridgehead atoms. The lowest BCUT2D eigenvalue weighted by molar-refractivity contribution is -0.297. The van der Waals surface area contributed by atoms with Crippen molar-refractivity contribution in [3.05, 3.63) is 29.8 Å². The SMILES string of the molecule is Cc1ccc(S(=O)(=O)NNC(=O)NC(C)(C(F)(F)F)C(F)(F)F)cc1. The summed E-state index contributed by atoms with van der Waals surface area (Å²) in [5, 5.41) is 0.679. The molecule has 13 heteroatoms. The Morgan fingerprint density at radius 3 is 1.80 bits per heavy atom. The van der Waals surface area contributed by atoms with E-state index in [1.165, 1.54) is 22.4 Å². The molecule has 142 valence electrons. The second-order valence-electron chi connectivity index (χ2n) is 5.12. The van der Waals surface area contributed by atoms with Crippen LogP contribution in [0.1, 0.15) is 12.5 Å². The highest BCUT2D eigenvalue weighted by Gasteiger charge is 2.68. The zero-order valence-corrected chi connectivity index (χ0v) is 13.5. The molecule has 0 aliphatic heterocycles. The number of carbonyl (C=O) groups is 1. The molecule has 1 aromatic carbocycles. The highest BCUT2D eigenvalue weighted by molar-refractivity contribution is 7.89. The molecule has 0 aromatic heterocycles. The summed E-state index contributed by atoms with van der Waals surface area (Å²) in [6.45, 7) is 1.37. The lowest BCUT2D eigenvalue weighted by Gasteiger charge is -2.34. The van der Waals surface area contributed by atoms with E-state index in [0.717, 1.165) is 12.1 Å². The van der Waals surface area contributed by atoms with E-state index >= 15 is 0 Å². The molecule has 0 radical (unpaired) electrons. The maximum absolute atomic E-state index is 12.6. The van der Waals surface area contributed by atoms with Crippen LogP contribution in [0.5, 0.6) is 0 Å². The summed E-state index contributed by atoms with van der Waals surface area (Å²) in [6, 6.07) is 3.03. The summed E-state index contributed by atoms with van der Waals surface area (Å²) < 4.78 is 99.4. The molecule has 0 spiro atoms. The normalized spacial score (nSPS) is 13.4. The number of urea groups is 1. The number of rotatable bonds is 4. The van der Waals surface area contributed by atoms with Crippen LogP contribution in [0, 0.1) is 6.92 Å². The van der Waals surface area contributed by atoms with Crippen molar-refractivity contribution < 1.29 is 39.6 Å². The average molecular weight is 393 g/mol. The van der Waals surface area contributed by atoms with Crippen LogP contribution in [0.15, 0.2) is 29.2 Å². The van der Waals surface area contributed by atoms with E-state index in [1.807, 2.05) is 0 Å². The van der Waals surface area contributed by atoms with Crippen molar-refractivity contribution in [1.29, 1.82) is 0 Å². The van der Waals surface area contributed by atoms with Crippen LogP contribution >= 0.6 is 0 Å². The topological polar surface area (TPSA) is 87.3 Å². The minimum atomic E-state index is -5.86. The number of halogens is 6. The minimum Gasteiger partial charge on any atom is -0.315 e. The fraction of sp³-hybridized carbons (Fsp3) is 0.417. The van der Waals surface area contributed by atoms with E-state index in [-0.39, 0.29) is 11.8 Å². The first-order valence-corrected chi connectivity index (χ1v) is 7.88. The molecule has 6 nitrogen and oxygen atoms in total. The monoisotopic (exact) mass is 393 g/mol. The Balaban J connectivity index is 2.87. The van der Waals surface area contributed by atoms with E-state index in [2.05, 4.69) is 0 Å². The smallest absolute Gasteiger partial charge is 0.315 e. The molecule has 0 fully saturated rings. The predicted molar refractivity (Wildman–Crippen MR) is 73.7 cm³/mol. The summed E-state index contributed by atoms with van der Waals surface area (Å²) in [4.78, 5) is 12.4. The summed E-state index contributed by atoms with van der Waals surface area (Å²) >= 11 is 0. The number of hydrogen-bond acceptors (Lipinski definition) is 3. The molecule has 25 heavy (non-hydrogen) atoms. The standard InChI is InChI=1S/C12H13F6N3O3S/c1-7-3-5-8(6-4-7)25(23,24)21-20-9(22)19-10(2,11(13,14)15)12(16,17)18/h3-6,21H,1-2H3,(H2,19,20,22). The molecular formula is C12H13F6N3O3S. The molecule has 3 N–H and O–H groups in total. The molecule has 0 unspecified atom stereocenters. The molecular weight excluding hydrogens is 380 g/mol. The zero-order chi connectivity index (χ0) is 19.7. The Labute approximate surface area is 138 Å².